The monoisotopic (exact) mass is 251 g/mol. The summed E-state index contributed by atoms with van der Waals surface area (Å²) < 4.78 is 4.57. The molecule has 6 heteroatoms. The van der Waals surface area contributed by atoms with Gasteiger partial charge >= 0.3 is 5.97 Å². The Morgan fingerprint density at radius 2 is 2.44 bits per heavy atom. The molecule has 2 rings (SSSR count). The molecular formula is C12H17N3O3. The SMILES string of the molecule is COC(=O)c1nccc(NC2CCCC2CO)n1. The van der Waals surface area contributed by atoms with E-state index in [0.29, 0.717) is 5.82 Å². The summed E-state index contributed by atoms with van der Waals surface area (Å²) in [5, 5.41) is 12.5. The van der Waals surface area contributed by atoms with Crippen molar-refractivity contribution < 1.29 is 14.6 Å². The van der Waals surface area contributed by atoms with Crippen LogP contribution in [0, 0.1) is 5.92 Å². The lowest BCUT2D eigenvalue weighted by molar-refractivity contribution is 0.0587. The summed E-state index contributed by atoms with van der Waals surface area (Å²) >= 11 is 0. The number of hydrogen-bond donors (Lipinski definition) is 2. The van der Waals surface area contributed by atoms with Gasteiger partial charge in [-0.3, -0.25) is 0 Å². The number of carbonyl (C=O) groups excluding carboxylic acids is 1. The number of anilines is 1. The molecule has 0 amide bonds. The van der Waals surface area contributed by atoms with Crippen LogP contribution in [0.4, 0.5) is 5.82 Å². The summed E-state index contributed by atoms with van der Waals surface area (Å²) in [4.78, 5) is 19.3. The van der Waals surface area contributed by atoms with Crippen molar-refractivity contribution in [1.29, 1.82) is 0 Å². The molecule has 1 aliphatic rings. The normalized spacial score (nSPS) is 22.8. The van der Waals surface area contributed by atoms with Gasteiger partial charge in [-0.1, -0.05) is 6.42 Å². The summed E-state index contributed by atoms with van der Waals surface area (Å²) in [6, 6.07) is 1.91. The van der Waals surface area contributed by atoms with E-state index < -0.39 is 5.97 Å². The second kappa shape index (κ2) is 5.77. The number of nitrogens with zero attached hydrogens (tertiary/aromatic N) is 2. The summed E-state index contributed by atoms with van der Waals surface area (Å²) in [5.41, 5.74) is 0. The smallest absolute Gasteiger partial charge is 0.376 e. The highest BCUT2D eigenvalue weighted by Crippen LogP contribution is 2.27. The third-order valence-electron chi connectivity index (χ3n) is 3.25. The third kappa shape index (κ3) is 2.76. The van der Waals surface area contributed by atoms with Crippen molar-refractivity contribution in [3.63, 3.8) is 0 Å². The lowest BCUT2D eigenvalue weighted by Crippen LogP contribution is -2.27. The largest absolute Gasteiger partial charge is 0.463 e. The van der Waals surface area contributed by atoms with E-state index in [1.54, 1.807) is 6.07 Å². The Morgan fingerprint density at radius 3 is 3.17 bits per heavy atom. The Bertz CT molecular complexity index is 425. The van der Waals surface area contributed by atoms with Crippen LogP contribution in [0.15, 0.2) is 12.3 Å². The van der Waals surface area contributed by atoms with Gasteiger partial charge in [-0.25, -0.2) is 14.8 Å². The Balaban J connectivity index is 2.07. The predicted molar refractivity (Wildman–Crippen MR) is 65.2 cm³/mol. The maximum absolute atomic E-state index is 11.3. The number of methoxy groups -OCH3 is 1. The van der Waals surface area contributed by atoms with Gasteiger partial charge in [0.1, 0.15) is 5.82 Å². The predicted octanol–water partition coefficient (Wildman–Crippen LogP) is 0.836. The molecule has 1 saturated carbocycles. The first-order chi connectivity index (χ1) is 8.74. The van der Waals surface area contributed by atoms with Crippen LogP contribution in [-0.4, -0.2) is 40.8 Å². The minimum Gasteiger partial charge on any atom is -0.463 e. The van der Waals surface area contributed by atoms with Crippen LogP contribution in [0.3, 0.4) is 0 Å². The highest BCUT2D eigenvalue weighted by atomic mass is 16.5. The summed E-state index contributed by atoms with van der Waals surface area (Å²) in [5.74, 6) is 0.335. The van der Waals surface area contributed by atoms with E-state index >= 15 is 0 Å². The van der Waals surface area contributed by atoms with Crippen molar-refractivity contribution >= 4 is 11.8 Å². The first kappa shape index (κ1) is 12.8. The van der Waals surface area contributed by atoms with Crippen LogP contribution < -0.4 is 5.32 Å². The van der Waals surface area contributed by atoms with Crippen molar-refractivity contribution in [1.82, 2.24) is 9.97 Å². The Labute approximate surface area is 105 Å². The fourth-order valence-corrected chi connectivity index (χ4v) is 2.26. The third-order valence-corrected chi connectivity index (χ3v) is 3.25. The Morgan fingerprint density at radius 1 is 1.61 bits per heavy atom. The number of ether oxygens (including phenoxy) is 1. The average molecular weight is 251 g/mol. The summed E-state index contributed by atoms with van der Waals surface area (Å²) in [6.45, 7) is 0.173. The molecule has 1 aromatic rings. The number of rotatable bonds is 4. The molecule has 0 aromatic carbocycles. The van der Waals surface area contributed by atoms with Crippen LogP contribution >= 0.6 is 0 Å². The first-order valence-corrected chi connectivity index (χ1v) is 6.03. The van der Waals surface area contributed by atoms with E-state index in [9.17, 15) is 9.90 Å². The number of hydrogen-bond acceptors (Lipinski definition) is 6. The van der Waals surface area contributed by atoms with Crippen LogP contribution in [0.1, 0.15) is 29.9 Å². The topological polar surface area (TPSA) is 84.3 Å². The number of esters is 1. The quantitative estimate of drug-likeness (QED) is 0.771. The molecular weight excluding hydrogens is 234 g/mol. The molecule has 1 heterocycles. The second-order valence-electron chi connectivity index (χ2n) is 4.38. The standard InChI is InChI=1S/C12H17N3O3/c1-18-12(17)11-13-6-5-10(15-11)14-9-4-2-3-8(9)7-16/h5-6,8-9,16H,2-4,7H2,1H3,(H,13,14,15). The zero-order valence-electron chi connectivity index (χ0n) is 10.3. The fraction of sp³-hybridized carbons (Fsp3) is 0.583. The molecule has 98 valence electrons. The van der Waals surface area contributed by atoms with Gasteiger partial charge in [0.2, 0.25) is 5.82 Å². The van der Waals surface area contributed by atoms with E-state index in [2.05, 4.69) is 20.0 Å². The first-order valence-electron chi connectivity index (χ1n) is 6.03. The van der Waals surface area contributed by atoms with E-state index in [1.165, 1.54) is 13.3 Å². The van der Waals surface area contributed by atoms with Gasteiger partial charge in [0.25, 0.3) is 0 Å². The molecule has 2 unspecified atom stereocenters. The minimum absolute atomic E-state index is 0.0426. The molecule has 0 aliphatic heterocycles. The zero-order chi connectivity index (χ0) is 13.0. The molecule has 2 N–H and O–H groups in total. The van der Waals surface area contributed by atoms with Gasteiger partial charge in [0.05, 0.1) is 7.11 Å². The van der Waals surface area contributed by atoms with Gasteiger partial charge in [-0.15, -0.1) is 0 Å². The molecule has 0 spiro atoms. The molecule has 1 fully saturated rings. The number of aliphatic hydroxyl groups is 1. The van der Waals surface area contributed by atoms with Gasteiger partial charge in [0.15, 0.2) is 0 Å². The van der Waals surface area contributed by atoms with E-state index in [-0.39, 0.29) is 24.4 Å². The Hall–Kier alpha value is -1.69. The molecule has 2 atom stereocenters. The van der Waals surface area contributed by atoms with Gasteiger partial charge in [-0.05, 0) is 18.9 Å². The lowest BCUT2D eigenvalue weighted by Gasteiger charge is -2.19. The maximum atomic E-state index is 11.3. The molecule has 6 nitrogen and oxygen atoms in total. The molecule has 1 aliphatic carbocycles. The van der Waals surface area contributed by atoms with Crippen LogP contribution in [0.5, 0.6) is 0 Å². The molecule has 0 bridgehead atoms. The van der Waals surface area contributed by atoms with Gasteiger partial charge < -0.3 is 15.2 Å². The number of nitrogens with one attached hydrogen (secondary N) is 1. The molecule has 18 heavy (non-hydrogen) atoms. The van der Waals surface area contributed by atoms with Crippen molar-refractivity contribution in [2.75, 3.05) is 19.0 Å². The summed E-state index contributed by atoms with van der Waals surface area (Å²) in [7, 11) is 1.30. The number of aliphatic hydroxyl groups excluding tert-OH is 1. The van der Waals surface area contributed by atoms with E-state index in [1.807, 2.05) is 0 Å². The van der Waals surface area contributed by atoms with Crippen LogP contribution in [0.2, 0.25) is 0 Å². The van der Waals surface area contributed by atoms with Crippen molar-refractivity contribution in [3.05, 3.63) is 18.1 Å². The van der Waals surface area contributed by atoms with Crippen molar-refractivity contribution in [3.8, 4) is 0 Å². The molecule has 0 saturated heterocycles. The average Bonchev–Trinajstić information content (AvgIpc) is 2.85. The van der Waals surface area contributed by atoms with Crippen LogP contribution in [-0.2, 0) is 4.74 Å². The maximum Gasteiger partial charge on any atom is 0.376 e. The fourth-order valence-electron chi connectivity index (χ4n) is 2.26. The van der Waals surface area contributed by atoms with Crippen molar-refractivity contribution in [2.45, 2.75) is 25.3 Å². The number of carbonyl (C=O) groups is 1. The number of aromatic nitrogens is 2. The summed E-state index contributed by atoms with van der Waals surface area (Å²) in [6.07, 6.45) is 4.63. The second-order valence-corrected chi connectivity index (χ2v) is 4.38. The molecule has 0 radical (unpaired) electrons. The Kier molecular flexibility index (Phi) is 4.09. The zero-order valence-corrected chi connectivity index (χ0v) is 10.3. The highest BCUT2D eigenvalue weighted by Gasteiger charge is 2.26. The van der Waals surface area contributed by atoms with Gasteiger partial charge in [0, 0.05) is 24.8 Å². The molecule has 1 aromatic heterocycles. The van der Waals surface area contributed by atoms with Crippen LogP contribution in [0.25, 0.3) is 0 Å². The van der Waals surface area contributed by atoms with E-state index in [0.717, 1.165) is 19.3 Å². The minimum atomic E-state index is -0.552. The van der Waals surface area contributed by atoms with Crippen molar-refractivity contribution in [2.24, 2.45) is 5.92 Å². The van der Waals surface area contributed by atoms with Gasteiger partial charge in [-0.2, -0.15) is 0 Å². The highest BCUT2D eigenvalue weighted by molar-refractivity contribution is 5.85. The van der Waals surface area contributed by atoms with E-state index in [4.69, 9.17) is 0 Å². The lowest BCUT2D eigenvalue weighted by atomic mass is 10.1.